The molecule has 216 valence electrons. The lowest BCUT2D eigenvalue weighted by molar-refractivity contribution is 1.67. The second-order valence-corrected chi connectivity index (χ2v) is 11.9. The Bertz CT molecular complexity index is 2300. The van der Waals surface area contributed by atoms with Gasteiger partial charge in [0.2, 0.25) is 0 Å². The van der Waals surface area contributed by atoms with E-state index >= 15 is 0 Å². The fourth-order valence-corrected chi connectivity index (χ4v) is 6.18. The molecule has 8 rings (SSSR count). The van der Waals surface area contributed by atoms with Crippen molar-refractivity contribution in [1.29, 1.82) is 0 Å². The molecule has 0 aliphatic heterocycles. The first-order chi connectivity index (χ1) is 22.7. The second-order valence-electron chi connectivity index (χ2n) is 11.9. The normalized spacial score (nSPS) is 12.1. The van der Waals surface area contributed by atoms with Crippen molar-refractivity contribution in [3.8, 4) is 0 Å². The molecule has 0 aromatic heterocycles. The quantitative estimate of drug-likeness (QED) is 0.171. The van der Waals surface area contributed by atoms with E-state index in [1.807, 2.05) is 0 Å². The number of fused-ring (bicyclic) bond motifs is 4. The molecule has 0 spiro atoms. The van der Waals surface area contributed by atoms with Crippen LogP contribution in [0.25, 0.3) is 79.5 Å². The van der Waals surface area contributed by atoms with E-state index < -0.39 is 0 Å². The van der Waals surface area contributed by atoms with Gasteiger partial charge >= 0.3 is 0 Å². The van der Waals surface area contributed by atoms with Crippen LogP contribution in [0.15, 0.2) is 158 Å². The van der Waals surface area contributed by atoms with Crippen LogP contribution in [0.5, 0.6) is 0 Å². The van der Waals surface area contributed by atoms with Gasteiger partial charge < -0.3 is 0 Å². The molecule has 0 fully saturated rings. The van der Waals surface area contributed by atoms with E-state index in [4.69, 9.17) is 0 Å². The Kier molecular flexibility index (Phi) is 7.30. The molecule has 8 aromatic rings. The number of rotatable bonds is 6. The molecule has 0 atom stereocenters. The van der Waals surface area contributed by atoms with Gasteiger partial charge in [-0.3, -0.25) is 0 Å². The summed E-state index contributed by atoms with van der Waals surface area (Å²) >= 11 is 0. The summed E-state index contributed by atoms with van der Waals surface area (Å²) in [5.74, 6) is 0. The molecule has 0 radical (unpaired) electrons. The van der Waals surface area contributed by atoms with E-state index in [0.717, 1.165) is 0 Å². The zero-order valence-electron chi connectivity index (χ0n) is 25.5. The molecular weight excluding hydrogens is 553 g/mol. The number of hydrogen-bond acceptors (Lipinski definition) is 0. The van der Waals surface area contributed by atoms with Gasteiger partial charge in [-0.05, 0) is 113 Å². The lowest BCUT2D eigenvalue weighted by Gasteiger charge is -2.04. The molecule has 0 aliphatic carbocycles. The average molecular weight is 585 g/mol. The van der Waals surface area contributed by atoms with Crippen LogP contribution in [0.3, 0.4) is 0 Å². The van der Waals surface area contributed by atoms with Crippen molar-refractivity contribution in [2.24, 2.45) is 0 Å². The molecule has 0 heterocycles. The zero-order valence-corrected chi connectivity index (χ0v) is 25.5. The highest BCUT2D eigenvalue weighted by molar-refractivity contribution is 5.92. The zero-order chi connectivity index (χ0) is 30.7. The standard InChI is InChI=1S/C46H32/c1-3-7-41-27-33(15-21-39(41)5-1)9-11-35-17-23-45-31-37(19-25-43(45)29-35)13-14-38-20-26-44-30-36(18-24-46(44)32-38)12-10-34-16-22-40-6-2-4-8-42(40)28-34/h1-32H. The van der Waals surface area contributed by atoms with E-state index in [0.29, 0.717) is 0 Å². The minimum absolute atomic E-state index is 1.20. The maximum atomic E-state index is 2.26. The fraction of sp³-hybridized carbons (Fsp3) is 0. The summed E-state index contributed by atoms with van der Waals surface area (Å²) in [7, 11) is 0. The van der Waals surface area contributed by atoms with Gasteiger partial charge in [0.1, 0.15) is 0 Å². The minimum atomic E-state index is 1.20. The van der Waals surface area contributed by atoms with Crippen molar-refractivity contribution in [2.45, 2.75) is 0 Å². The third-order valence-corrected chi connectivity index (χ3v) is 8.73. The summed E-state index contributed by atoms with van der Waals surface area (Å²) in [6, 6.07) is 56.9. The average Bonchev–Trinajstić information content (AvgIpc) is 3.11. The summed E-state index contributed by atoms with van der Waals surface area (Å²) in [5, 5.41) is 10.0. The smallest absolute Gasteiger partial charge is 0.0178 e. The highest BCUT2D eigenvalue weighted by Gasteiger charge is 2.00. The van der Waals surface area contributed by atoms with E-state index in [-0.39, 0.29) is 0 Å². The molecule has 0 amide bonds. The largest absolute Gasteiger partial charge is 0.0616 e. The molecular formula is C46H32. The topological polar surface area (TPSA) is 0 Å². The predicted molar refractivity (Wildman–Crippen MR) is 203 cm³/mol. The van der Waals surface area contributed by atoms with Crippen molar-refractivity contribution in [1.82, 2.24) is 0 Å². The number of benzene rings is 8. The van der Waals surface area contributed by atoms with Gasteiger partial charge in [0.05, 0.1) is 0 Å². The number of hydrogen-bond donors (Lipinski definition) is 0. The van der Waals surface area contributed by atoms with Gasteiger partial charge in [-0.25, -0.2) is 0 Å². The maximum Gasteiger partial charge on any atom is -0.0178 e. The van der Waals surface area contributed by atoms with E-state index in [9.17, 15) is 0 Å². The van der Waals surface area contributed by atoms with Crippen LogP contribution < -0.4 is 0 Å². The van der Waals surface area contributed by atoms with E-state index in [2.05, 4.69) is 194 Å². The molecule has 0 saturated carbocycles. The predicted octanol–water partition coefficient (Wildman–Crippen LogP) is 12.8. The van der Waals surface area contributed by atoms with Crippen LogP contribution >= 0.6 is 0 Å². The van der Waals surface area contributed by atoms with Crippen LogP contribution in [-0.4, -0.2) is 0 Å². The molecule has 8 aromatic carbocycles. The third kappa shape index (κ3) is 6.02. The first-order valence-corrected chi connectivity index (χ1v) is 15.8. The Morgan fingerprint density at radius 2 is 0.391 bits per heavy atom. The highest BCUT2D eigenvalue weighted by Crippen LogP contribution is 2.24. The first kappa shape index (κ1) is 27.6. The van der Waals surface area contributed by atoms with Crippen LogP contribution in [-0.2, 0) is 0 Å². The van der Waals surface area contributed by atoms with Gasteiger partial charge in [-0.15, -0.1) is 0 Å². The Morgan fingerprint density at radius 3 is 0.652 bits per heavy atom. The third-order valence-electron chi connectivity index (χ3n) is 8.73. The Hall–Kier alpha value is -5.98. The summed E-state index contributed by atoms with van der Waals surface area (Å²) in [6.07, 6.45) is 13.2. The van der Waals surface area contributed by atoms with Gasteiger partial charge in [0.15, 0.2) is 0 Å². The molecule has 0 nitrogen and oxygen atoms in total. The van der Waals surface area contributed by atoms with Crippen molar-refractivity contribution in [3.63, 3.8) is 0 Å². The summed E-state index contributed by atoms with van der Waals surface area (Å²) in [4.78, 5) is 0. The van der Waals surface area contributed by atoms with Gasteiger partial charge in [0, 0.05) is 0 Å². The SMILES string of the molecule is C(=Cc1ccc2cc(C=Cc3ccc4cc(C=Cc5ccc6ccccc6c5)ccc4c3)ccc2c1)c1ccc2ccccc2c1. The van der Waals surface area contributed by atoms with Crippen LogP contribution in [0.2, 0.25) is 0 Å². The molecule has 0 N–H and O–H groups in total. The first-order valence-electron chi connectivity index (χ1n) is 15.8. The fourth-order valence-electron chi connectivity index (χ4n) is 6.18. The van der Waals surface area contributed by atoms with Crippen molar-refractivity contribution in [3.05, 3.63) is 191 Å². The van der Waals surface area contributed by atoms with Gasteiger partial charge in [-0.1, -0.05) is 158 Å². The molecule has 0 aliphatic rings. The van der Waals surface area contributed by atoms with E-state index in [1.165, 1.54) is 76.5 Å². The minimum Gasteiger partial charge on any atom is -0.0616 e. The van der Waals surface area contributed by atoms with Gasteiger partial charge in [-0.2, -0.15) is 0 Å². The highest BCUT2D eigenvalue weighted by atomic mass is 14.0. The van der Waals surface area contributed by atoms with Crippen LogP contribution in [0.4, 0.5) is 0 Å². The lowest BCUT2D eigenvalue weighted by Crippen LogP contribution is -1.80. The van der Waals surface area contributed by atoms with Crippen molar-refractivity contribution >= 4 is 79.5 Å². The second kappa shape index (κ2) is 12.2. The summed E-state index contributed by atoms with van der Waals surface area (Å²) < 4.78 is 0. The van der Waals surface area contributed by atoms with Crippen molar-refractivity contribution < 1.29 is 0 Å². The van der Waals surface area contributed by atoms with Gasteiger partial charge in [0.25, 0.3) is 0 Å². The maximum absolute atomic E-state index is 2.26. The summed E-state index contributed by atoms with van der Waals surface area (Å²) in [5.41, 5.74) is 7.21. The van der Waals surface area contributed by atoms with E-state index in [1.54, 1.807) is 0 Å². The molecule has 0 heteroatoms. The molecule has 46 heavy (non-hydrogen) atoms. The molecule has 0 saturated heterocycles. The van der Waals surface area contributed by atoms with Crippen molar-refractivity contribution in [2.75, 3.05) is 0 Å². The molecule has 0 bridgehead atoms. The Balaban J connectivity index is 0.958. The lowest BCUT2D eigenvalue weighted by atomic mass is 10.0. The van der Waals surface area contributed by atoms with Crippen LogP contribution in [0, 0.1) is 0 Å². The Morgan fingerprint density at radius 1 is 0.196 bits per heavy atom. The monoisotopic (exact) mass is 584 g/mol. The summed E-state index contributed by atoms with van der Waals surface area (Å²) in [6.45, 7) is 0. The Labute approximate surface area is 269 Å². The molecule has 0 unspecified atom stereocenters. The van der Waals surface area contributed by atoms with Crippen LogP contribution in [0.1, 0.15) is 33.4 Å².